The summed E-state index contributed by atoms with van der Waals surface area (Å²) in [5.74, 6) is -4.97. The monoisotopic (exact) mass is 840 g/mol. The molecule has 2 aromatic carbocycles. The summed E-state index contributed by atoms with van der Waals surface area (Å²) in [5.41, 5.74) is 1.95. The molecule has 0 radical (unpaired) electrons. The molecular weight excluding hydrogens is 788 g/mol. The number of ether oxygens (including phenoxy) is 7. The summed E-state index contributed by atoms with van der Waals surface area (Å²) in [4.78, 5) is 54.2. The van der Waals surface area contributed by atoms with Crippen LogP contribution in [0.3, 0.4) is 0 Å². The van der Waals surface area contributed by atoms with E-state index >= 15 is 0 Å². The number of nitrogens with two attached hydrogens (primary N) is 1. The Bertz CT molecular complexity index is 2090. The summed E-state index contributed by atoms with van der Waals surface area (Å²) in [5, 5.41) is 57.8. The van der Waals surface area contributed by atoms with Gasteiger partial charge < -0.3 is 69.3 Å². The maximum absolute atomic E-state index is 14.0. The Hall–Kier alpha value is -4.50. The maximum Gasteiger partial charge on any atom is 0.303 e. The van der Waals surface area contributed by atoms with E-state index in [4.69, 9.17) is 38.9 Å². The molecule has 5 aliphatic rings. The van der Waals surface area contributed by atoms with E-state index in [1.54, 1.807) is 27.7 Å². The van der Waals surface area contributed by atoms with Crippen LogP contribution in [0.5, 0.6) is 17.2 Å². The third-order valence-electron chi connectivity index (χ3n) is 12.2. The van der Waals surface area contributed by atoms with Crippen LogP contribution in [-0.4, -0.2) is 135 Å². The van der Waals surface area contributed by atoms with Crippen molar-refractivity contribution in [2.24, 2.45) is 5.73 Å². The van der Waals surface area contributed by atoms with E-state index in [1.165, 1.54) is 24.3 Å². The number of aromatic hydroxyl groups is 3. The molecular formula is C42H52N2O16. The molecule has 2 aliphatic carbocycles. The van der Waals surface area contributed by atoms with E-state index in [0.717, 1.165) is 6.92 Å². The van der Waals surface area contributed by atoms with Crippen molar-refractivity contribution >= 4 is 23.3 Å². The number of benzene rings is 2. The van der Waals surface area contributed by atoms with Gasteiger partial charge >= 0.3 is 5.97 Å². The number of aliphatic hydroxyl groups is 2. The smallest absolute Gasteiger partial charge is 0.303 e. The number of esters is 1. The molecule has 0 aromatic heterocycles. The van der Waals surface area contributed by atoms with Crippen molar-refractivity contribution in [3.63, 3.8) is 0 Å². The number of phenols is 3. The number of hydrogen-bond donors (Lipinski definition) is 6. The molecule has 13 atom stereocenters. The van der Waals surface area contributed by atoms with Crippen LogP contribution in [0, 0.1) is 0 Å². The maximum atomic E-state index is 14.0. The van der Waals surface area contributed by atoms with E-state index in [1.807, 2.05) is 19.0 Å². The van der Waals surface area contributed by atoms with Crippen LogP contribution in [0.1, 0.15) is 115 Å². The summed E-state index contributed by atoms with van der Waals surface area (Å²) < 4.78 is 42.8. The lowest BCUT2D eigenvalue weighted by Crippen LogP contribution is -2.58. The largest absolute Gasteiger partial charge is 0.507 e. The number of fused-ring (bicyclic) bond motifs is 3. The van der Waals surface area contributed by atoms with E-state index in [0.29, 0.717) is 0 Å². The van der Waals surface area contributed by atoms with E-state index in [2.05, 4.69) is 0 Å². The molecule has 18 nitrogen and oxygen atoms in total. The molecule has 0 saturated carbocycles. The molecule has 7 N–H and O–H groups in total. The van der Waals surface area contributed by atoms with Gasteiger partial charge in [-0.25, -0.2) is 0 Å². The van der Waals surface area contributed by atoms with Crippen LogP contribution in [0.15, 0.2) is 30.0 Å². The molecule has 13 unspecified atom stereocenters. The highest BCUT2D eigenvalue weighted by Crippen LogP contribution is 2.57. The molecule has 3 heterocycles. The first-order valence-corrected chi connectivity index (χ1v) is 20.0. The highest BCUT2D eigenvalue weighted by molar-refractivity contribution is 6.31. The second-order valence-electron chi connectivity index (χ2n) is 16.4. The summed E-state index contributed by atoms with van der Waals surface area (Å²) in [7, 11) is 3.66. The lowest BCUT2D eigenvalue weighted by molar-refractivity contribution is -0.321. The number of aliphatic hydroxyl groups excluding tert-OH is 1. The molecule has 3 aliphatic heterocycles. The Morgan fingerprint density at radius 1 is 0.883 bits per heavy atom. The molecule has 60 heavy (non-hydrogen) atoms. The van der Waals surface area contributed by atoms with Crippen molar-refractivity contribution < 1.29 is 77.9 Å². The Morgan fingerprint density at radius 2 is 1.52 bits per heavy atom. The van der Waals surface area contributed by atoms with Crippen molar-refractivity contribution in [2.45, 2.75) is 140 Å². The van der Waals surface area contributed by atoms with Crippen molar-refractivity contribution in [1.29, 1.82) is 0 Å². The Morgan fingerprint density at radius 3 is 2.15 bits per heavy atom. The lowest BCUT2D eigenvalue weighted by Gasteiger charge is -2.48. The van der Waals surface area contributed by atoms with Crippen molar-refractivity contribution in [2.75, 3.05) is 14.1 Å². The van der Waals surface area contributed by atoms with Crippen LogP contribution in [0.4, 0.5) is 0 Å². The summed E-state index contributed by atoms with van der Waals surface area (Å²) >= 11 is 0. The first-order valence-electron chi connectivity index (χ1n) is 20.0. The van der Waals surface area contributed by atoms with Crippen LogP contribution in [0.2, 0.25) is 0 Å². The fraction of sp³-hybridized carbons (Fsp3) is 0.571. The third-order valence-corrected chi connectivity index (χ3v) is 12.2. The molecule has 7 rings (SSSR count). The number of ketones is 3. The number of phenolic OH excluding ortho intramolecular Hbond substituents is 3. The second-order valence-corrected chi connectivity index (χ2v) is 16.4. The fourth-order valence-corrected chi connectivity index (χ4v) is 9.01. The predicted octanol–water partition coefficient (Wildman–Crippen LogP) is 2.27. The predicted molar refractivity (Wildman–Crippen MR) is 206 cm³/mol. The number of carbonyl (C=O) groups excluding carboxylic acids is 4. The average Bonchev–Trinajstić information content (AvgIpc) is 3.17. The topological polar surface area (TPSA) is 263 Å². The quantitative estimate of drug-likeness (QED) is 0.133. The molecule has 0 bridgehead atoms. The van der Waals surface area contributed by atoms with Crippen LogP contribution < -0.4 is 5.73 Å². The number of hydrogen-bond acceptors (Lipinski definition) is 18. The first kappa shape index (κ1) is 43.6. The zero-order chi connectivity index (χ0) is 43.7. The van der Waals surface area contributed by atoms with Gasteiger partial charge in [0.15, 0.2) is 36.5 Å². The van der Waals surface area contributed by atoms with Gasteiger partial charge in [0.25, 0.3) is 0 Å². The van der Waals surface area contributed by atoms with E-state index in [-0.39, 0.29) is 59.4 Å². The van der Waals surface area contributed by atoms with Gasteiger partial charge in [-0.15, -0.1) is 0 Å². The highest BCUT2D eigenvalue weighted by Gasteiger charge is 2.54. The average molecular weight is 841 g/mol. The Balaban J connectivity index is 1.15. The molecule has 0 amide bonds. The van der Waals surface area contributed by atoms with Gasteiger partial charge in [-0.05, 0) is 47.4 Å². The minimum Gasteiger partial charge on any atom is -0.507 e. The number of nitrogens with zero attached hydrogens (tertiary/aromatic N) is 1. The summed E-state index contributed by atoms with van der Waals surface area (Å²) in [6.07, 6.45) is -9.52. The van der Waals surface area contributed by atoms with Gasteiger partial charge in [0.2, 0.25) is 5.78 Å². The number of carbonyl (C=O) groups is 4. The fourth-order valence-electron chi connectivity index (χ4n) is 9.01. The van der Waals surface area contributed by atoms with Gasteiger partial charge in [0.1, 0.15) is 41.2 Å². The number of rotatable bonds is 9. The van der Waals surface area contributed by atoms with Crippen molar-refractivity contribution in [1.82, 2.24) is 4.90 Å². The Kier molecular flexibility index (Phi) is 11.9. The van der Waals surface area contributed by atoms with Gasteiger partial charge in [-0.1, -0.05) is 19.1 Å². The highest BCUT2D eigenvalue weighted by atomic mass is 16.7. The van der Waals surface area contributed by atoms with Crippen molar-refractivity contribution in [3.05, 3.63) is 63.4 Å². The molecule has 18 heteroatoms. The van der Waals surface area contributed by atoms with Gasteiger partial charge in [0, 0.05) is 55.0 Å². The zero-order valence-electron chi connectivity index (χ0n) is 34.3. The minimum absolute atomic E-state index is 0.0116. The van der Waals surface area contributed by atoms with Crippen LogP contribution in [0.25, 0.3) is 0 Å². The SMILES string of the molecule is CCC1(O)CC(OC2CC(N(C)C)C(OC3CC(O)C(OC4OC(C)C(=O)C=C4N)C(C)O3)C(C)O2)c2c(O)c3c(c(O)c2C1OC(C)=O)C(=O)c1cccc(O)c1C3=O. The van der Waals surface area contributed by atoms with Gasteiger partial charge in [-0.2, -0.15) is 0 Å². The summed E-state index contributed by atoms with van der Waals surface area (Å²) in [6, 6.07) is 3.46. The lowest BCUT2D eigenvalue weighted by atomic mass is 9.70. The normalized spacial score (nSPS) is 35.4. The zero-order valence-corrected chi connectivity index (χ0v) is 34.3. The summed E-state index contributed by atoms with van der Waals surface area (Å²) in [6.45, 7) is 7.77. The second kappa shape index (κ2) is 16.4. The Labute approximate surface area is 345 Å². The van der Waals surface area contributed by atoms with E-state index in [9.17, 15) is 44.7 Å². The van der Waals surface area contributed by atoms with Crippen LogP contribution >= 0.6 is 0 Å². The van der Waals surface area contributed by atoms with Gasteiger partial charge in [0.05, 0.1) is 46.8 Å². The molecule has 2 fully saturated rings. The van der Waals surface area contributed by atoms with Gasteiger partial charge in [-0.3, -0.25) is 19.2 Å². The molecule has 326 valence electrons. The van der Waals surface area contributed by atoms with Crippen LogP contribution in [-0.2, 0) is 42.7 Å². The van der Waals surface area contributed by atoms with Crippen molar-refractivity contribution in [3.8, 4) is 17.2 Å². The number of likely N-dealkylation sites (N-methyl/N-ethyl adjacent to an activating group) is 1. The third kappa shape index (κ3) is 7.58. The first-order chi connectivity index (χ1) is 28.3. The molecule has 2 saturated heterocycles. The molecule has 2 aromatic rings. The van der Waals surface area contributed by atoms with E-state index < -0.39 is 125 Å². The standard InChI is InChI=1S/C42H52N2O16/c1-8-42(53)15-26(30-33(40(42)57-19(5)45)37(52)31-32(36(30)51)35(50)29-20(34(31)49)10-9-11-23(29)46)58-27-13-22(44(6)7)38(17(3)54-27)59-28-14-25(48)39(18(4)55-28)60-41-21(43)12-24(47)16(2)56-41/h9-12,16-18,22,25-28,38-41,46,48,51-53H,8,13-15,43H2,1-7H3. The molecule has 0 spiro atoms. The minimum atomic E-state index is -1.90.